The molecule has 2 nitrogen and oxygen atoms in total. The molecule has 2 rings (SSSR count). The summed E-state index contributed by atoms with van der Waals surface area (Å²) in [6, 6.07) is 0. The van der Waals surface area contributed by atoms with Crippen molar-refractivity contribution >= 4 is 0 Å². The highest BCUT2D eigenvalue weighted by Crippen LogP contribution is 2.61. The van der Waals surface area contributed by atoms with Crippen LogP contribution in [-0.4, -0.2) is 26.8 Å². The van der Waals surface area contributed by atoms with Crippen molar-refractivity contribution in [1.82, 2.24) is 5.32 Å². The van der Waals surface area contributed by atoms with Crippen molar-refractivity contribution in [1.29, 1.82) is 0 Å². The Kier molecular flexibility index (Phi) is 4.94. The summed E-state index contributed by atoms with van der Waals surface area (Å²) in [5, 5.41) is 3.56. The van der Waals surface area contributed by atoms with E-state index in [1.165, 1.54) is 45.1 Å². The first-order valence-corrected chi connectivity index (χ1v) is 8.18. The Bertz CT molecular complexity index is 283. The van der Waals surface area contributed by atoms with Crippen LogP contribution in [0.25, 0.3) is 0 Å². The second kappa shape index (κ2) is 6.13. The van der Waals surface area contributed by atoms with Gasteiger partial charge in [-0.15, -0.1) is 0 Å². The van der Waals surface area contributed by atoms with Gasteiger partial charge in [-0.05, 0) is 61.3 Å². The molecule has 19 heavy (non-hydrogen) atoms. The Morgan fingerprint density at radius 2 is 2.00 bits per heavy atom. The lowest BCUT2D eigenvalue weighted by molar-refractivity contribution is 0.198. The van der Waals surface area contributed by atoms with E-state index in [4.69, 9.17) is 4.74 Å². The van der Waals surface area contributed by atoms with Crippen molar-refractivity contribution in [2.45, 2.75) is 59.3 Å². The standard InChI is InChI=1S/C17H33NO/c1-16(2,3)14-6-5-8-17(9-7-14)12-15(17)13-18-10-11-19-4/h14-15,18H,5-13H2,1-4H3. The third kappa shape index (κ3) is 3.95. The molecule has 1 spiro atoms. The second-order valence-electron chi connectivity index (χ2n) is 7.95. The van der Waals surface area contributed by atoms with Crippen molar-refractivity contribution in [3.8, 4) is 0 Å². The third-order valence-corrected chi connectivity index (χ3v) is 5.68. The summed E-state index contributed by atoms with van der Waals surface area (Å²) < 4.78 is 5.09. The molecular formula is C17H33NO. The lowest BCUT2D eigenvalue weighted by Crippen LogP contribution is -2.23. The molecule has 0 aromatic heterocycles. The number of hydrogen-bond acceptors (Lipinski definition) is 2. The van der Waals surface area contributed by atoms with Crippen molar-refractivity contribution in [2.75, 3.05) is 26.8 Å². The van der Waals surface area contributed by atoms with Gasteiger partial charge in [-0.1, -0.05) is 27.2 Å². The fraction of sp³-hybridized carbons (Fsp3) is 1.00. The fourth-order valence-corrected chi connectivity index (χ4v) is 4.08. The van der Waals surface area contributed by atoms with Gasteiger partial charge in [-0.2, -0.15) is 0 Å². The van der Waals surface area contributed by atoms with Gasteiger partial charge in [-0.25, -0.2) is 0 Å². The molecule has 0 aliphatic heterocycles. The third-order valence-electron chi connectivity index (χ3n) is 5.68. The van der Waals surface area contributed by atoms with E-state index in [0.717, 1.165) is 30.4 Å². The highest BCUT2D eigenvalue weighted by atomic mass is 16.5. The molecule has 0 radical (unpaired) electrons. The van der Waals surface area contributed by atoms with Crippen LogP contribution in [0.4, 0.5) is 0 Å². The van der Waals surface area contributed by atoms with E-state index in [-0.39, 0.29) is 0 Å². The number of nitrogens with one attached hydrogen (secondary N) is 1. The molecule has 2 aliphatic rings. The molecule has 2 aliphatic carbocycles. The molecule has 3 atom stereocenters. The first-order valence-electron chi connectivity index (χ1n) is 8.18. The summed E-state index contributed by atoms with van der Waals surface area (Å²) in [6.45, 7) is 10.3. The van der Waals surface area contributed by atoms with Gasteiger partial charge in [0.15, 0.2) is 0 Å². The summed E-state index contributed by atoms with van der Waals surface area (Å²) in [5.74, 6) is 1.89. The molecule has 2 heteroatoms. The van der Waals surface area contributed by atoms with Crippen molar-refractivity contribution in [2.24, 2.45) is 22.7 Å². The molecule has 0 amide bonds. The van der Waals surface area contributed by atoms with E-state index in [0.29, 0.717) is 5.41 Å². The Labute approximate surface area is 119 Å². The van der Waals surface area contributed by atoms with Crippen molar-refractivity contribution in [3.05, 3.63) is 0 Å². The molecule has 3 unspecified atom stereocenters. The molecule has 1 N–H and O–H groups in total. The topological polar surface area (TPSA) is 21.3 Å². The number of methoxy groups -OCH3 is 1. The molecule has 0 bridgehead atoms. The molecule has 112 valence electrons. The highest BCUT2D eigenvalue weighted by molar-refractivity contribution is 5.04. The predicted molar refractivity (Wildman–Crippen MR) is 81.3 cm³/mol. The zero-order valence-corrected chi connectivity index (χ0v) is 13.4. The molecule has 2 fully saturated rings. The van der Waals surface area contributed by atoms with E-state index in [1.807, 2.05) is 0 Å². The quantitative estimate of drug-likeness (QED) is 0.764. The summed E-state index contributed by atoms with van der Waals surface area (Å²) >= 11 is 0. The van der Waals surface area contributed by atoms with E-state index in [1.54, 1.807) is 7.11 Å². The van der Waals surface area contributed by atoms with Crippen LogP contribution in [0.3, 0.4) is 0 Å². The smallest absolute Gasteiger partial charge is 0.0587 e. The van der Waals surface area contributed by atoms with Gasteiger partial charge in [-0.3, -0.25) is 0 Å². The van der Waals surface area contributed by atoms with Crippen LogP contribution in [0.1, 0.15) is 59.3 Å². The minimum Gasteiger partial charge on any atom is -0.383 e. The van der Waals surface area contributed by atoms with Gasteiger partial charge in [0, 0.05) is 13.7 Å². The first-order chi connectivity index (χ1) is 8.98. The fourth-order valence-electron chi connectivity index (χ4n) is 4.08. The Hall–Kier alpha value is -0.0800. The average Bonchev–Trinajstić information content (AvgIpc) is 3.06. The molecule has 0 aromatic rings. The van der Waals surface area contributed by atoms with Crippen LogP contribution in [0.15, 0.2) is 0 Å². The van der Waals surface area contributed by atoms with Crippen LogP contribution in [0.5, 0.6) is 0 Å². The van der Waals surface area contributed by atoms with Gasteiger partial charge in [0.25, 0.3) is 0 Å². The Balaban J connectivity index is 1.75. The van der Waals surface area contributed by atoms with Crippen LogP contribution in [-0.2, 0) is 4.74 Å². The zero-order chi connectivity index (χ0) is 13.9. The molecule has 2 saturated carbocycles. The number of ether oxygens (including phenoxy) is 1. The Morgan fingerprint density at radius 3 is 2.68 bits per heavy atom. The summed E-state index contributed by atoms with van der Waals surface area (Å²) in [6.07, 6.45) is 8.80. The SMILES string of the molecule is COCCNCC1CC12CCCC(C(C)(C)C)CC2. The van der Waals surface area contributed by atoms with Gasteiger partial charge < -0.3 is 10.1 Å². The van der Waals surface area contributed by atoms with Crippen molar-refractivity contribution < 1.29 is 4.74 Å². The van der Waals surface area contributed by atoms with E-state index >= 15 is 0 Å². The van der Waals surface area contributed by atoms with E-state index in [9.17, 15) is 0 Å². The van der Waals surface area contributed by atoms with Crippen LogP contribution in [0, 0.1) is 22.7 Å². The van der Waals surface area contributed by atoms with Crippen LogP contribution >= 0.6 is 0 Å². The minimum absolute atomic E-state index is 0.507. The maximum atomic E-state index is 5.09. The van der Waals surface area contributed by atoms with Gasteiger partial charge in [0.05, 0.1) is 6.61 Å². The lowest BCUT2D eigenvalue weighted by Gasteiger charge is -2.29. The predicted octanol–water partition coefficient (Wildman–Crippen LogP) is 3.86. The molecular weight excluding hydrogens is 234 g/mol. The summed E-state index contributed by atoms with van der Waals surface area (Å²) in [7, 11) is 1.78. The lowest BCUT2D eigenvalue weighted by atomic mass is 9.76. The highest BCUT2D eigenvalue weighted by Gasteiger charge is 2.53. The van der Waals surface area contributed by atoms with Crippen LogP contribution in [0.2, 0.25) is 0 Å². The van der Waals surface area contributed by atoms with Gasteiger partial charge >= 0.3 is 0 Å². The van der Waals surface area contributed by atoms with Gasteiger partial charge in [0.2, 0.25) is 0 Å². The Morgan fingerprint density at radius 1 is 1.21 bits per heavy atom. The maximum Gasteiger partial charge on any atom is 0.0587 e. The molecule has 0 heterocycles. The van der Waals surface area contributed by atoms with E-state index < -0.39 is 0 Å². The normalized spacial score (nSPS) is 35.4. The molecule has 0 saturated heterocycles. The summed E-state index contributed by atoms with van der Waals surface area (Å²) in [4.78, 5) is 0. The number of hydrogen-bond donors (Lipinski definition) is 1. The summed E-state index contributed by atoms with van der Waals surface area (Å²) in [5.41, 5.74) is 1.23. The first kappa shape index (κ1) is 15.3. The molecule has 0 aromatic carbocycles. The van der Waals surface area contributed by atoms with Gasteiger partial charge in [0.1, 0.15) is 0 Å². The minimum atomic E-state index is 0.507. The monoisotopic (exact) mass is 267 g/mol. The zero-order valence-electron chi connectivity index (χ0n) is 13.4. The average molecular weight is 267 g/mol. The maximum absolute atomic E-state index is 5.09. The van der Waals surface area contributed by atoms with E-state index in [2.05, 4.69) is 26.1 Å². The number of rotatable bonds is 5. The second-order valence-corrected chi connectivity index (χ2v) is 7.95. The van der Waals surface area contributed by atoms with Crippen molar-refractivity contribution in [3.63, 3.8) is 0 Å². The largest absolute Gasteiger partial charge is 0.383 e. The van der Waals surface area contributed by atoms with Crippen LogP contribution < -0.4 is 5.32 Å².